The first-order valence-corrected chi connectivity index (χ1v) is 6.03. The molecule has 92 valence electrons. The highest BCUT2D eigenvalue weighted by molar-refractivity contribution is 6.52. The molecule has 18 heavy (non-hydrogen) atoms. The van der Waals surface area contributed by atoms with Crippen molar-refractivity contribution in [3.63, 3.8) is 0 Å². The molecule has 0 aromatic heterocycles. The van der Waals surface area contributed by atoms with Crippen molar-refractivity contribution in [2.24, 2.45) is 5.92 Å². The van der Waals surface area contributed by atoms with E-state index in [1.165, 1.54) is 18.2 Å². The molecule has 1 atom stereocenters. The Labute approximate surface area is 109 Å². The second-order valence-electron chi connectivity index (χ2n) is 4.06. The number of hydrogen-bond acceptors (Lipinski definition) is 3. The molecule has 1 aromatic carbocycles. The van der Waals surface area contributed by atoms with Crippen molar-refractivity contribution in [3.05, 3.63) is 46.5 Å². The Balaban J connectivity index is 2.53. The Morgan fingerprint density at radius 3 is 2.56 bits per heavy atom. The van der Waals surface area contributed by atoms with Gasteiger partial charge in [0.15, 0.2) is 5.78 Å². The first-order chi connectivity index (χ1) is 8.56. The van der Waals surface area contributed by atoms with E-state index in [9.17, 15) is 14.4 Å². The van der Waals surface area contributed by atoms with Gasteiger partial charge in [0.2, 0.25) is 11.6 Å². The number of allylic oxidation sites excluding steroid dienone is 2. The molecule has 0 radical (unpaired) electrons. The molecule has 4 heteroatoms. The lowest BCUT2D eigenvalue weighted by molar-refractivity contribution is -0.116. The summed E-state index contributed by atoms with van der Waals surface area (Å²) in [5, 5.41) is 0.338. The summed E-state index contributed by atoms with van der Waals surface area (Å²) in [6.45, 7) is 1.89. The zero-order valence-electron chi connectivity index (χ0n) is 9.77. The van der Waals surface area contributed by atoms with E-state index in [-0.39, 0.29) is 16.9 Å². The molecule has 1 aromatic rings. The van der Waals surface area contributed by atoms with Crippen molar-refractivity contribution in [1.82, 2.24) is 0 Å². The second-order valence-corrected chi connectivity index (χ2v) is 4.50. The second kappa shape index (κ2) is 4.86. The predicted molar refractivity (Wildman–Crippen MR) is 68.0 cm³/mol. The molecular formula is C14H11ClO3. The lowest BCUT2D eigenvalue weighted by Crippen LogP contribution is -2.35. The maximum absolute atomic E-state index is 12.1. The van der Waals surface area contributed by atoms with Gasteiger partial charge in [-0.1, -0.05) is 30.7 Å². The maximum Gasteiger partial charge on any atom is 0.230 e. The number of ketones is 3. The van der Waals surface area contributed by atoms with E-state index in [0.717, 1.165) is 0 Å². The third-order valence-electron chi connectivity index (χ3n) is 2.84. The van der Waals surface area contributed by atoms with E-state index in [0.29, 0.717) is 11.4 Å². The van der Waals surface area contributed by atoms with Gasteiger partial charge in [0, 0.05) is 16.1 Å². The lowest BCUT2D eigenvalue weighted by atomic mass is 9.80. The molecule has 1 aliphatic carbocycles. The SMILES string of the molecule is CCC=CC1C(=O)C(=O)c2cc(Cl)ccc2C1=O. The molecule has 0 aliphatic heterocycles. The van der Waals surface area contributed by atoms with Gasteiger partial charge < -0.3 is 0 Å². The van der Waals surface area contributed by atoms with Gasteiger partial charge in [-0.05, 0) is 24.6 Å². The van der Waals surface area contributed by atoms with Crippen LogP contribution in [0.1, 0.15) is 34.1 Å². The van der Waals surface area contributed by atoms with Crippen LogP contribution in [0.3, 0.4) is 0 Å². The van der Waals surface area contributed by atoms with Crippen molar-refractivity contribution in [3.8, 4) is 0 Å². The summed E-state index contributed by atoms with van der Waals surface area (Å²) in [6, 6.07) is 4.41. The molecule has 0 saturated carbocycles. The minimum Gasteiger partial charge on any atom is -0.293 e. The first kappa shape index (κ1) is 12.7. The largest absolute Gasteiger partial charge is 0.293 e. The fourth-order valence-electron chi connectivity index (χ4n) is 1.93. The standard InChI is InChI=1S/C14H11ClO3/c1-2-3-4-10-12(16)9-6-5-8(15)7-11(9)14(18)13(10)17/h3-7,10H,2H2,1H3. The Bertz CT molecular complexity index is 572. The van der Waals surface area contributed by atoms with Crippen LogP contribution in [0.15, 0.2) is 30.4 Å². The van der Waals surface area contributed by atoms with Gasteiger partial charge in [0.1, 0.15) is 5.92 Å². The van der Waals surface area contributed by atoms with Crippen LogP contribution in [-0.4, -0.2) is 17.3 Å². The van der Waals surface area contributed by atoms with E-state index in [1.54, 1.807) is 12.1 Å². The molecule has 1 unspecified atom stereocenters. The molecule has 0 saturated heterocycles. The Morgan fingerprint density at radius 1 is 1.17 bits per heavy atom. The van der Waals surface area contributed by atoms with Gasteiger partial charge >= 0.3 is 0 Å². The van der Waals surface area contributed by atoms with Crippen LogP contribution >= 0.6 is 11.6 Å². The highest BCUT2D eigenvalue weighted by Gasteiger charge is 2.38. The lowest BCUT2D eigenvalue weighted by Gasteiger charge is -2.18. The monoisotopic (exact) mass is 262 g/mol. The summed E-state index contributed by atoms with van der Waals surface area (Å²) in [4.78, 5) is 35.9. The molecule has 0 heterocycles. The first-order valence-electron chi connectivity index (χ1n) is 5.65. The number of halogens is 1. The van der Waals surface area contributed by atoms with E-state index in [4.69, 9.17) is 11.6 Å². The fourth-order valence-corrected chi connectivity index (χ4v) is 2.10. The quantitative estimate of drug-likeness (QED) is 0.468. The molecule has 0 amide bonds. The van der Waals surface area contributed by atoms with E-state index in [2.05, 4.69) is 0 Å². The minimum absolute atomic E-state index is 0.110. The summed E-state index contributed by atoms with van der Waals surface area (Å²) in [7, 11) is 0. The molecule has 0 spiro atoms. The normalized spacial score (nSPS) is 19.4. The molecular weight excluding hydrogens is 252 g/mol. The summed E-state index contributed by atoms with van der Waals surface area (Å²) in [5.74, 6) is -2.64. The topological polar surface area (TPSA) is 51.2 Å². The number of rotatable bonds is 2. The number of Topliss-reactive ketones (excluding diaryl/α,β-unsaturated/α-hetero) is 3. The average Bonchev–Trinajstić information content (AvgIpc) is 2.36. The van der Waals surface area contributed by atoms with Crippen molar-refractivity contribution in [2.75, 3.05) is 0 Å². The van der Waals surface area contributed by atoms with Crippen LogP contribution in [-0.2, 0) is 4.79 Å². The van der Waals surface area contributed by atoms with Crippen molar-refractivity contribution in [2.45, 2.75) is 13.3 Å². The molecule has 0 bridgehead atoms. The Morgan fingerprint density at radius 2 is 1.89 bits per heavy atom. The van der Waals surface area contributed by atoms with Crippen molar-refractivity contribution >= 4 is 29.0 Å². The number of hydrogen-bond donors (Lipinski definition) is 0. The molecule has 1 aliphatic rings. The summed E-state index contributed by atoms with van der Waals surface area (Å²) in [5.41, 5.74) is 0.383. The van der Waals surface area contributed by atoms with Gasteiger partial charge in [0.05, 0.1) is 0 Å². The van der Waals surface area contributed by atoms with Gasteiger partial charge in [0.25, 0.3) is 0 Å². The van der Waals surface area contributed by atoms with E-state index >= 15 is 0 Å². The Kier molecular flexibility index (Phi) is 3.43. The van der Waals surface area contributed by atoms with E-state index < -0.39 is 17.5 Å². The minimum atomic E-state index is -0.980. The van der Waals surface area contributed by atoms with Gasteiger partial charge in [-0.2, -0.15) is 0 Å². The predicted octanol–water partition coefficient (Wildman–Crippen LogP) is 2.87. The van der Waals surface area contributed by atoms with Crippen LogP contribution in [0, 0.1) is 5.92 Å². The highest BCUT2D eigenvalue weighted by atomic mass is 35.5. The van der Waals surface area contributed by atoms with Crippen LogP contribution in [0.2, 0.25) is 5.02 Å². The Hall–Kier alpha value is -1.74. The smallest absolute Gasteiger partial charge is 0.230 e. The van der Waals surface area contributed by atoms with Crippen LogP contribution in [0.4, 0.5) is 0 Å². The van der Waals surface area contributed by atoms with E-state index in [1.807, 2.05) is 6.92 Å². The van der Waals surface area contributed by atoms with Gasteiger partial charge in [-0.25, -0.2) is 0 Å². The summed E-state index contributed by atoms with van der Waals surface area (Å²) < 4.78 is 0. The summed E-state index contributed by atoms with van der Waals surface area (Å²) in [6.07, 6.45) is 3.92. The number of carbonyl (C=O) groups is 3. The van der Waals surface area contributed by atoms with Crippen LogP contribution < -0.4 is 0 Å². The van der Waals surface area contributed by atoms with Gasteiger partial charge in [-0.3, -0.25) is 14.4 Å². The average molecular weight is 263 g/mol. The molecule has 0 fully saturated rings. The molecule has 2 rings (SSSR count). The summed E-state index contributed by atoms with van der Waals surface area (Å²) >= 11 is 5.77. The van der Waals surface area contributed by atoms with Crippen molar-refractivity contribution < 1.29 is 14.4 Å². The van der Waals surface area contributed by atoms with Gasteiger partial charge in [-0.15, -0.1) is 0 Å². The number of carbonyl (C=O) groups excluding carboxylic acids is 3. The third kappa shape index (κ3) is 2.02. The zero-order valence-corrected chi connectivity index (χ0v) is 10.5. The van der Waals surface area contributed by atoms with Crippen LogP contribution in [0.25, 0.3) is 0 Å². The molecule has 0 N–H and O–H groups in total. The zero-order chi connectivity index (χ0) is 13.3. The highest BCUT2D eigenvalue weighted by Crippen LogP contribution is 2.26. The number of fused-ring (bicyclic) bond motifs is 1. The van der Waals surface area contributed by atoms with Crippen LogP contribution in [0.5, 0.6) is 0 Å². The number of benzene rings is 1. The maximum atomic E-state index is 12.1. The molecule has 3 nitrogen and oxygen atoms in total. The van der Waals surface area contributed by atoms with Crippen molar-refractivity contribution in [1.29, 1.82) is 0 Å². The third-order valence-corrected chi connectivity index (χ3v) is 3.08. The fraction of sp³-hybridized carbons (Fsp3) is 0.214.